The topological polar surface area (TPSA) is 109 Å². The summed E-state index contributed by atoms with van der Waals surface area (Å²) in [4.78, 5) is 0. The molecule has 0 aliphatic heterocycles. The van der Waals surface area contributed by atoms with Gasteiger partial charge in [-0.3, -0.25) is 0 Å². The van der Waals surface area contributed by atoms with E-state index in [2.05, 4.69) is 0 Å². The molecule has 0 amide bonds. The van der Waals surface area contributed by atoms with Crippen LogP contribution in [0.2, 0.25) is 0 Å². The van der Waals surface area contributed by atoms with Gasteiger partial charge in [0, 0.05) is 46.8 Å². The maximum atomic E-state index is 9.69. The maximum Gasteiger partial charge on any atom is 0 e. The Morgan fingerprint density at radius 1 is 0.909 bits per heavy atom. The second-order valence-electron chi connectivity index (χ2n) is 0.924. The number of hydrogen-bond donors (Lipinski definition) is 2. The predicted molar refractivity (Wildman–Crippen MR) is 28.9 cm³/mol. The van der Waals surface area contributed by atoms with Crippen molar-refractivity contribution >= 4 is 29.8 Å². The Labute approximate surface area is 101 Å². The Bertz CT molecular complexity index is 246. The molecule has 0 aromatic rings. The molecule has 0 fully saturated rings. The van der Waals surface area contributed by atoms with Crippen LogP contribution in [0.3, 0.4) is 0 Å². The Kier molecular flexibility index (Phi) is 10.8. The normalized spacial score (nSPS) is 11.1. The van der Waals surface area contributed by atoms with Crippen molar-refractivity contribution in [3.05, 3.63) is 0 Å². The Morgan fingerprint density at radius 2 is 1.09 bits per heavy atom. The Morgan fingerprint density at radius 3 is 1.09 bits per heavy atom. The molecule has 0 aliphatic carbocycles. The molecule has 0 aromatic heterocycles. The van der Waals surface area contributed by atoms with Gasteiger partial charge in [-0.2, -0.15) is 0 Å². The zero-order chi connectivity index (χ0) is 7.71. The van der Waals surface area contributed by atoms with E-state index in [-0.39, 0.29) is 46.8 Å². The van der Waals surface area contributed by atoms with Crippen molar-refractivity contribution in [1.29, 1.82) is 0 Å². The molecule has 2 N–H and O–H groups in total. The molecule has 60 valence electrons. The molecular formula is H2CdO6S2SeZn. The average Bonchev–Trinajstić information content (AvgIpc) is 1.14. The fourth-order valence-corrected chi connectivity index (χ4v) is 5.08. The molecule has 0 bridgehead atoms. The fourth-order valence-electron chi connectivity index (χ4n) is 0.109. The van der Waals surface area contributed by atoms with E-state index >= 15 is 0 Å². The minimum Gasteiger partial charge on any atom is 0 e. The molecule has 0 aromatic carbocycles. The van der Waals surface area contributed by atoms with Crippen LogP contribution in [0.15, 0.2) is 0 Å². The second-order valence-corrected chi connectivity index (χ2v) is 11.1. The molecule has 0 saturated carbocycles. The SMILES string of the molecule is O=S(=O)(O)[Se]S(=O)(=O)O.[Cd].[Zn]. The Balaban J connectivity index is -0.000000320. The summed E-state index contributed by atoms with van der Waals surface area (Å²) < 4.78 is 54.4. The van der Waals surface area contributed by atoms with Crippen LogP contribution < -0.4 is 0 Å². The molecule has 0 saturated heterocycles. The van der Waals surface area contributed by atoms with Gasteiger partial charge in [0.2, 0.25) is 0 Å². The van der Waals surface area contributed by atoms with E-state index in [4.69, 9.17) is 9.11 Å². The van der Waals surface area contributed by atoms with Crippen molar-refractivity contribution < 1.29 is 72.7 Å². The van der Waals surface area contributed by atoms with Crippen molar-refractivity contribution in [1.82, 2.24) is 0 Å². The van der Waals surface area contributed by atoms with Crippen LogP contribution in [0.1, 0.15) is 0 Å². The average molecular weight is 419 g/mol. The van der Waals surface area contributed by atoms with Crippen LogP contribution in [0, 0.1) is 0 Å². The first-order valence-corrected chi connectivity index (χ1v) is 8.29. The van der Waals surface area contributed by atoms with Gasteiger partial charge in [0.25, 0.3) is 0 Å². The summed E-state index contributed by atoms with van der Waals surface area (Å²) in [6.07, 6.45) is 0. The van der Waals surface area contributed by atoms with Gasteiger partial charge in [-0.15, -0.1) is 0 Å². The first kappa shape index (κ1) is 18.6. The van der Waals surface area contributed by atoms with Crippen molar-refractivity contribution in [2.75, 3.05) is 0 Å². The molecule has 0 unspecified atom stereocenters. The predicted octanol–water partition coefficient (Wildman–Crippen LogP) is -1.71. The fraction of sp³-hybridized carbons (Fsp3) is 0. The van der Waals surface area contributed by atoms with Gasteiger partial charge in [-0.1, -0.05) is 0 Å². The summed E-state index contributed by atoms with van der Waals surface area (Å²) >= 11 is -2.19. The molecule has 0 radical (unpaired) electrons. The quantitative estimate of drug-likeness (QED) is 0.408. The Hall–Kier alpha value is 1.88. The van der Waals surface area contributed by atoms with E-state index in [1.165, 1.54) is 0 Å². The van der Waals surface area contributed by atoms with Crippen molar-refractivity contribution in [2.24, 2.45) is 0 Å². The number of rotatable bonds is 2. The van der Waals surface area contributed by atoms with Crippen molar-refractivity contribution in [3.8, 4) is 0 Å². The van der Waals surface area contributed by atoms with E-state index in [0.29, 0.717) is 0 Å². The van der Waals surface area contributed by atoms with E-state index in [1.54, 1.807) is 0 Å². The van der Waals surface area contributed by atoms with Crippen LogP contribution in [0.25, 0.3) is 0 Å². The summed E-state index contributed by atoms with van der Waals surface area (Å²) in [5, 5.41) is 0. The van der Waals surface area contributed by atoms with Gasteiger partial charge in [-0.05, 0) is 0 Å². The zero-order valence-corrected chi connectivity index (χ0v) is 15.5. The van der Waals surface area contributed by atoms with Gasteiger partial charge in [0.1, 0.15) is 0 Å². The maximum absolute atomic E-state index is 9.69. The van der Waals surface area contributed by atoms with E-state index in [1.807, 2.05) is 0 Å². The van der Waals surface area contributed by atoms with Crippen molar-refractivity contribution in [2.45, 2.75) is 0 Å². The molecule has 0 atom stereocenters. The smallest absolute Gasteiger partial charge is 0 e. The first-order chi connectivity index (χ1) is 3.71. The van der Waals surface area contributed by atoms with E-state index in [0.717, 1.165) is 0 Å². The van der Waals surface area contributed by atoms with Crippen molar-refractivity contribution in [3.63, 3.8) is 0 Å². The third-order valence-electron chi connectivity index (χ3n) is 0.172. The molecule has 0 rings (SSSR count). The third kappa shape index (κ3) is 18.7. The molecule has 11 heteroatoms. The van der Waals surface area contributed by atoms with Crippen LogP contribution >= 0.6 is 0 Å². The summed E-state index contributed by atoms with van der Waals surface area (Å²) in [5.74, 6) is 0. The molecule has 0 heterocycles. The molecule has 0 aliphatic rings. The van der Waals surface area contributed by atoms with Gasteiger partial charge in [-0.25, -0.2) is 0 Å². The third-order valence-corrected chi connectivity index (χ3v) is 8.04. The summed E-state index contributed by atoms with van der Waals surface area (Å²) in [7, 11) is -9.11. The van der Waals surface area contributed by atoms with E-state index in [9.17, 15) is 16.8 Å². The van der Waals surface area contributed by atoms with Gasteiger partial charge >= 0.3 is 55.7 Å². The molecular weight excluding hydrogens is 417 g/mol. The number of hydrogen-bond acceptors (Lipinski definition) is 4. The summed E-state index contributed by atoms with van der Waals surface area (Å²) in [6, 6.07) is 0. The van der Waals surface area contributed by atoms with Crippen LogP contribution in [0.5, 0.6) is 0 Å². The van der Waals surface area contributed by atoms with Crippen LogP contribution in [0.4, 0.5) is 0 Å². The first-order valence-electron chi connectivity index (χ1n) is 1.37. The van der Waals surface area contributed by atoms with Gasteiger partial charge in [0.05, 0.1) is 0 Å². The van der Waals surface area contributed by atoms with Crippen LogP contribution in [-0.4, -0.2) is 38.7 Å². The van der Waals surface area contributed by atoms with E-state index < -0.39 is 29.8 Å². The van der Waals surface area contributed by atoms with Gasteiger partial charge < -0.3 is 0 Å². The zero-order valence-electron chi connectivity index (χ0n) is 5.17. The second kappa shape index (κ2) is 6.36. The summed E-state index contributed by atoms with van der Waals surface area (Å²) in [5.41, 5.74) is 0. The molecule has 6 nitrogen and oxygen atoms in total. The molecule has 0 spiro atoms. The molecule has 11 heavy (non-hydrogen) atoms. The van der Waals surface area contributed by atoms with Crippen LogP contribution in [-0.2, 0) is 63.8 Å². The minimum atomic E-state index is -4.56. The monoisotopic (exact) mass is 420 g/mol. The standard InChI is InChI=1S/Cd.H2O6S2Se.Zn/c;1-7(2,3)9-8(4,5)6;/h;(H,1,2,3)(H,4,5,6);. The largest absolute Gasteiger partial charge is 0 e. The minimum absolute atomic E-state index is 0. The van der Waals surface area contributed by atoms with Gasteiger partial charge in [0.15, 0.2) is 0 Å². The summed E-state index contributed by atoms with van der Waals surface area (Å²) in [6.45, 7) is 0.